The molecule has 3 aliphatic rings. The molecule has 2 amide bonds. The molecule has 3 heterocycles. The molecule has 0 radical (unpaired) electrons. The van der Waals surface area contributed by atoms with Crippen molar-refractivity contribution in [3.05, 3.63) is 65.7 Å². The predicted molar refractivity (Wildman–Crippen MR) is 128 cm³/mol. The highest BCUT2D eigenvalue weighted by atomic mass is 16.2. The van der Waals surface area contributed by atoms with E-state index in [0.717, 1.165) is 38.5 Å². The van der Waals surface area contributed by atoms with Gasteiger partial charge in [-0.05, 0) is 75.0 Å². The number of hydrogen-bond donors (Lipinski definition) is 2. The Bertz CT molecular complexity index is 915. The van der Waals surface area contributed by atoms with Gasteiger partial charge in [0.25, 0.3) is 0 Å². The number of piperidine rings is 3. The van der Waals surface area contributed by atoms with Crippen LogP contribution in [0.5, 0.6) is 0 Å². The van der Waals surface area contributed by atoms with E-state index in [0.29, 0.717) is 29.8 Å². The van der Waals surface area contributed by atoms with Crippen molar-refractivity contribution in [2.75, 3.05) is 38.5 Å². The first-order valence-corrected chi connectivity index (χ1v) is 11.6. The fraction of sp³-hybridized carbons (Fsp3) is 0.462. The van der Waals surface area contributed by atoms with Crippen LogP contribution in [-0.2, 0) is 6.54 Å². The summed E-state index contributed by atoms with van der Waals surface area (Å²) < 4.78 is 0. The van der Waals surface area contributed by atoms with Crippen molar-refractivity contribution in [1.29, 1.82) is 0 Å². The largest absolute Gasteiger partial charge is 0.336 e. The molecule has 5 rings (SSSR count). The zero-order valence-electron chi connectivity index (χ0n) is 19.1. The number of amides is 2. The van der Waals surface area contributed by atoms with Crippen molar-refractivity contribution in [1.82, 2.24) is 15.1 Å². The lowest BCUT2D eigenvalue weighted by Crippen LogP contribution is -2.58. The number of anilines is 1. The number of nitrogens with zero attached hydrogens (tertiary/aromatic N) is 2. The molecule has 4 atom stereocenters. The third-order valence-corrected chi connectivity index (χ3v) is 6.90. The van der Waals surface area contributed by atoms with E-state index in [4.69, 9.17) is 0 Å². The molecule has 3 aliphatic heterocycles. The maximum absolute atomic E-state index is 12.3. The molecule has 170 valence electrons. The third-order valence-electron chi connectivity index (χ3n) is 6.90. The molecule has 6 heteroatoms. The van der Waals surface area contributed by atoms with Gasteiger partial charge < -0.3 is 15.5 Å². The average molecular weight is 435 g/mol. The third kappa shape index (κ3) is 5.75. The molecule has 32 heavy (non-hydrogen) atoms. The summed E-state index contributed by atoms with van der Waals surface area (Å²) in [6.07, 6.45) is 2.41. The van der Waals surface area contributed by atoms with Crippen LogP contribution in [0.1, 0.15) is 35.7 Å². The van der Waals surface area contributed by atoms with E-state index in [2.05, 4.69) is 57.8 Å². The van der Waals surface area contributed by atoms with Crippen molar-refractivity contribution >= 4 is 17.5 Å². The number of urea groups is 1. The summed E-state index contributed by atoms with van der Waals surface area (Å²) in [5, 5.41) is 5.91. The van der Waals surface area contributed by atoms with Gasteiger partial charge in [0.2, 0.25) is 0 Å². The Kier molecular flexibility index (Phi) is 7.22. The maximum atomic E-state index is 12.3. The highest BCUT2D eigenvalue weighted by Crippen LogP contribution is 2.36. The molecule has 0 aromatic heterocycles. The van der Waals surface area contributed by atoms with Gasteiger partial charge in [-0.15, -0.1) is 0 Å². The second-order valence-corrected chi connectivity index (χ2v) is 9.34. The molecular formula is C26H34N4O2. The van der Waals surface area contributed by atoms with Crippen LogP contribution in [0.25, 0.3) is 0 Å². The van der Waals surface area contributed by atoms with Crippen molar-refractivity contribution in [2.24, 2.45) is 11.8 Å². The summed E-state index contributed by atoms with van der Waals surface area (Å²) in [6.45, 7) is 6.55. The number of carbonyl (C=O) groups is 2. The Balaban J connectivity index is 1.22. The van der Waals surface area contributed by atoms with Gasteiger partial charge in [-0.3, -0.25) is 9.69 Å². The molecule has 6 nitrogen and oxygen atoms in total. The van der Waals surface area contributed by atoms with E-state index < -0.39 is 0 Å². The minimum atomic E-state index is -0.192. The summed E-state index contributed by atoms with van der Waals surface area (Å²) in [4.78, 5) is 28.7. The minimum Gasteiger partial charge on any atom is -0.336 e. The Labute approximate surface area is 191 Å². The Morgan fingerprint density at radius 1 is 1.09 bits per heavy atom. The Morgan fingerprint density at radius 2 is 1.84 bits per heavy atom. The van der Waals surface area contributed by atoms with E-state index in [1.807, 2.05) is 0 Å². The molecule has 3 fully saturated rings. The maximum Gasteiger partial charge on any atom is 0.319 e. The lowest BCUT2D eigenvalue weighted by Gasteiger charge is -2.50. The summed E-state index contributed by atoms with van der Waals surface area (Å²) >= 11 is 0. The van der Waals surface area contributed by atoms with Crippen LogP contribution >= 0.6 is 0 Å². The highest BCUT2D eigenvalue weighted by molar-refractivity contribution is 5.95. The number of carbonyl (C=O) groups excluding carboxylic acids is 2. The molecule has 0 aliphatic carbocycles. The molecule has 0 saturated carbocycles. The number of hydrogen-bond acceptors (Lipinski definition) is 4. The van der Waals surface area contributed by atoms with Crippen LogP contribution < -0.4 is 10.6 Å². The number of Topliss-reactive ketones (excluding diaryl/α,β-unsaturated/α-hetero) is 1. The highest BCUT2D eigenvalue weighted by Gasteiger charge is 2.40. The summed E-state index contributed by atoms with van der Waals surface area (Å²) in [6, 6.07) is 17.9. The molecule has 3 saturated heterocycles. The van der Waals surface area contributed by atoms with Crippen molar-refractivity contribution in [3.8, 4) is 0 Å². The van der Waals surface area contributed by atoms with Gasteiger partial charge in [0.15, 0.2) is 5.78 Å². The number of nitrogens with one attached hydrogen (secondary N) is 2. The van der Waals surface area contributed by atoms with Crippen molar-refractivity contribution < 1.29 is 9.59 Å². The first-order valence-electron chi connectivity index (χ1n) is 11.6. The smallest absolute Gasteiger partial charge is 0.319 e. The van der Waals surface area contributed by atoms with Gasteiger partial charge in [0, 0.05) is 43.5 Å². The van der Waals surface area contributed by atoms with Gasteiger partial charge >= 0.3 is 6.03 Å². The molecule has 2 N–H and O–H groups in total. The first kappa shape index (κ1) is 22.5. The van der Waals surface area contributed by atoms with Gasteiger partial charge in [0.05, 0.1) is 0 Å². The second kappa shape index (κ2) is 10.3. The van der Waals surface area contributed by atoms with Crippen molar-refractivity contribution in [3.63, 3.8) is 0 Å². The van der Waals surface area contributed by atoms with Crippen molar-refractivity contribution in [2.45, 2.75) is 32.4 Å². The zero-order chi connectivity index (χ0) is 22.5. The second-order valence-electron chi connectivity index (χ2n) is 9.34. The number of rotatable bonds is 8. The van der Waals surface area contributed by atoms with Crippen LogP contribution in [0.4, 0.5) is 10.5 Å². The van der Waals surface area contributed by atoms with E-state index in [9.17, 15) is 9.59 Å². The lowest BCUT2D eigenvalue weighted by molar-refractivity contribution is -0.00889. The van der Waals surface area contributed by atoms with Crippen LogP contribution in [0.2, 0.25) is 0 Å². The normalized spacial score (nSPS) is 24.3. The average Bonchev–Trinajstić information content (AvgIpc) is 2.79. The van der Waals surface area contributed by atoms with Crippen LogP contribution in [0.3, 0.4) is 0 Å². The molecule has 2 aromatic rings. The van der Waals surface area contributed by atoms with Gasteiger partial charge in [0.1, 0.15) is 0 Å². The fourth-order valence-corrected chi connectivity index (χ4v) is 5.20. The Hall–Kier alpha value is -2.70. The lowest BCUT2D eigenvalue weighted by atomic mass is 9.75. The van der Waals surface area contributed by atoms with Gasteiger partial charge in [-0.2, -0.15) is 0 Å². The van der Waals surface area contributed by atoms with Crippen LogP contribution in [0.15, 0.2) is 54.6 Å². The quantitative estimate of drug-likeness (QED) is 0.620. The van der Waals surface area contributed by atoms with Gasteiger partial charge in [-0.25, -0.2) is 4.79 Å². The molecule has 2 bridgehead atoms. The van der Waals surface area contributed by atoms with E-state index in [1.165, 1.54) is 18.9 Å². The van der Waals surface area contributed by atoms with Crippen LogP contribution in [-0.4, -0.2) is 60.9 Å². The number of ketones is 1. The van der Waals surface area contributed by atoms with Gasteiger partial charge in [-0.1, -0.05) is 30.3 Å². The monoisotopic (exact) mass is 434 g/mol. The first-order chi connectivity index (χ1) is 15.5. The summed E-state index contributed by atoms with van der Waals surface area (Å²) in [5.41, 5.74) is 2.70. The summed E-state index contributed by atoms with van der Waals surface area (Å²) in [5.74, 6) is 1.45. The molecule has 2 aromatic carbocycles. The zero-order valence-corrected chi connectivity index (χ0v) is 19.1. The number of benzene rings is 2. The SMILES string of the molecule is CC(=O)c1ccc(NC(=O)NC[C@@H]2C[C@H]3CCN2C[C@@H]3CN(C)Cc2ccccc2)cc1. The Morgan fingerprint density at radius 3 is 2.50 bits per heavy atom. The number of fused-ring (bicyclic) bond motifs is 3. The standard InChI is InChI=1S/C26H34N4O2/c1-19(31)21-8-10-24(11-9-21)28-26(32)27-15-25-14-22-12-13-30(25)18-23(22)17-29(2)16-20-6-4-3-5-7-20/h3-11,22-23,25H,12-18H2,1-2H3,(H2,27,28,32)/t22-,23+,25+/m1/s1. The minimum absolute atomic E-state index is 0.0203. The van der Waals surface area contributed by atoms with E-state index in [-0.39, 0.29) is 11.8 Å². The van der Waals surface area contributed by atoms with Crippen LogP contribution in [0, 0.1) is 11.8 Å². The predicted octanol–water partition coefficient (Wildman–Crippen LogP) is 3.85. The molecular weight excluding hydrogens is 400 g/mol. The topological polar surface area (TPSA) is 64.7 Å². The molecule has 1 unspecified atom stereocenters. The molecule has 0 spiro atoms. The fourth-order valence-electron chi connectivity index (χ4n) is 5.20. The van der Waals surface area contributed by atoms with E-state index in [1.54, 1.807) is 24.3 Å². The van der Waals surface area contributed by atoms with E-state index >= 15 is 0 Å². The summed E-state index contributed by atoms with van der Waals surface area (Å²) in [7, 11) is 2.22.